The Morgan fingerprint density at radius 1 is 0.833 bits per heavy atom. The Morgan fingerprint density at radius 3 is 1.94 bits per heavy atom. The van der Waals surface area contributed by atoms with E-state index in [4.69, 9.17) is 20.8 Å². The summed E-state index contributed by atoms with van der Waals surface area (Å²) in [6, 6.07) is 7.26. The third-order valence-electron chi connectivity index (χ3n) is 6.47. The maximum absolute atomic E-state index is 13.1. The normalized spacial score (nSPS) is 11.1. The molecule has 4 nitrogen and oxygen atoms in total. The summed E-state index contributed by atoms with van der Waals surface area (Å²) in [6.07, 6.45) is 21.3. The fourth-order valence-electron chi connectivity index (χ4n) is 4.28. The second-order valence-corrected chi connectivity index (χ2v) is 10.1. The van der Waals surface area contributed by atoms with Gasteiger partial charge in [0.05, 0.1) is 5.02 Å². The summed E-state index contributed by atoms with van der Waals surface area (Å²) in [6.45, 7) is 3.03. The molecule has 0 saturated carbocycles. The zero-order chi connectivity index (χ0) is 25.8. The monoisotopic (exact) mass is 521 g/mol. The number of carbonyl (C=O) groups excluding carboxylic acids is 1. The van der Waals surface area contributed by atoms with Gasteiger partial charge in [0, 0.05) is 6.54 Å². The number of nitrogens with one attached hydrogen (secondary N) is 1. The van der Waals surface area contributed by atoms with E-state index < -0.39 is 5.82 Å². The van der Waals surface area contributed by atoms with E-state index in [0.29, 0.717) is 18.1 Å². The van der Waals surface area contributed by atoms with Gasteiger partial charge in [-0.05, 0) is 36.8 Å². The minimum absolute atomic E-state index is 0.109. The summed E-state index contributed by atoms with van der Waals surface area (Å²) < 4.78 is 24.2. The molecule has 1 N–H and O–H groups in total. The molecule has 0 unspecified atom stereocenters. The number of rotatable bonds is 21. The molecule has 6 heteroatoms. The molecule has 2 rings (SSSR count). The van der Waals surface area contributed by atoms with E-state index in [1.54, 1.807) is 12.1 Å². The lowest BCUT2D eigenvalue weighted by molar-refractivity contribution is 0.0921. The van der Waals surface area contributed by atoms with Crippen LogP contribution < -0.4 is 10.1 Å². The summed E-state index contributed by atoms with van der Waals surface area (Å²) in [5, 5.41) is 3.11. The lowest BCUT2D eigenvalue weighted by Gasteiger charge is -2.06. The van der Waals surface area contributed by atoms with E-state index in [1.165, 1.54) is 108 Å². The van der Waals surface area contributed by atoms with Crippen molar-refractivity contribution in [3.63, 3.8) is 0 Å². The van der Waals surface area contributed by atoms with E-state index in [1.807, 2.05) is 0 Å². The zero-order valence-electron chi connectivity index (χ0n) is 22.1. The molecule has 1 heterocycles. The van der Waals surface area contributed by atoms with Crippen molar-refractivity contribution in [1.82, 2.24) is 5.32 Å². The van der Waals surface area contributed by atoms with Crippen LogP contribution in [0.4, 0.5) is 4.39 Å². The van der Waals surface area contributed by atoms with Crippen molar-refractivity contribution in [1.29, 1.82) is 0 Å². The average Bonchev–Trinajstić information content (AvgIpc) is 3.34. The van der Waals surface area contributed by atoms with E-state index >= 15 is 0 Å². The quantitative estimate of drug-likeness (QED) is 0.166. The Hall–Kier alpha value is -2.01. The summed E-state index contributed by atoms with van der Waals surface area (Å²) in [5.41, 5.74) is 0. The van der Waals surface area contributed by atoms with Gasteiger partial charge in [-0.2, -0.15) is 0 Å². The predicted molar refractivity (Wildman–Crippen MR) is 146 cm³/mol. The highest BCUT2D eigenvalue weighted by atomic mass is 35.5. The van der Waals surface area contributed by atoms with Crippen molar-refractivity contribution in [2.24, 2.45) is 0 Å². The second-order valence-electron chi connectivity index (χ2n) is 9.69. The van der Waals surface area contributed by atoms with Gasteiger partial charge >= 0.3 is 0 Å². The van der Waals surface area contributed by atoms with E-state index in [9.17, 15) is 9.18 Å². The van der Waals surface area contributed by atoms with Gasteiger partial charge in [-0.3, -0.25) is 4.79 Å². The van der Waals surface area contributed by atoms with Crippen LogP contribution >= 0.6 is 11.6 Å². The van der Waals surface area contributed by atoms with Crippen molar-refractivity contribution >= 4 is 17.5 Å². The number of hydrogen-bond donors (Lipinski definition) is 1. The van der Waals surface area contributed by atoms with Crippen molar-refractivity contribution in [3.8, 4) is 5.75 Å². The highest BCUT2D eigenvalue weighted by molar-refractivity contribution is 6.32. The third-order valence-corrected chi connectivity index (χ3v) is 6.76. The first-order valence-corrected chi connectivity index (χ1v) is 14.4. The van der Waals surface area contributed by atoms with Gasteiger partial charge in [0.1, 0.15) is 23.9 Å². The molecule has 0 saturated heterocycles. The first-order chi connectivity index (χ1) is 17.6. The molecule has 36 heavy (non-hydrogen) atoms. The van der Waals surface area contributed by atoms with Crippen molar-refractivity contribution < 1.29 is 18.3 Å². The zero-order valence-corrected chi connectivity index (χ0v) is 22.9. The largest absolute Gasteiger partial charge is 0.484 e. The second kappa shape index (κ2) is 19.1. The van der Waals surface area contributed by atoms with Gasteiger partial charge in [0.15, 0.2) is 5.76 Å². The fourth-order valence-corrected chi connectivity index (χ4v) is 4.50. The summed E-state index contributed by atoms with van der Waals surface area (Å²) in [5.74, 6) is 0.484. The van der Waals surface area contributed by atoms with Crippen molar-refractivity contribution in [2.45, 2.75) is 116 Å². The van der Waals surface area contributed by atoms with Crippen LogP contribution in [0.25, 0.3) is 0 Å². The number of hydrogen-bond acceptors (Lipinski definition) is 3. The van der Waals surface area contributed by atoms with E-state index in [-0.39, 0.29) is 23.3 Å². The molecule has 0 bridgehead atoms. The van der Waals surface area contributed by atoms with Crippen molar-refractivity contribution in [3.05, 3.63) is 52.7 Å². The van der Waals surface area contributed by atoms with Gasteiger partial charge in [0.25, 0.3) is 5.91 Å². The molecule has 1 amide bonds. The number of ether oxygens (including phenoxy) is 1. The van der Waals surface area contributed by atoms with Gasteiger partial charge in [-0.15, -0.1) is 0 Å². The number of amides is 1. The van der Waals surface area contributed by atoms with Gasteiger partial charge in [-0.25, -0.2) is 4.39 Å². The van der Waals surface area contributed by atoms with Crippen LogP contribution in [-0.2, 0) is 6.61 Å². The molecule has 202 valence electrons. The Kier molecular flexibility index (Phi) is 16.1. The molecule has 0 aliphatic carbocycles. The highest BCUT2D eigenvalue weighted by Gasteiger charge is 2.12. The van der Waals surface area contributed by atoms with Crippen LogP contribution in [0.15, 0.2) is 34.7 Å². The molecule has 0 aliphatic heterocycles. The van der Waals surface area contributed by atoms with E-state index in [0.717, 1.165) is 12.8 Å². The summed E-state index contributed by atoms with van der Waals surface area (Å²) in [7, 11) is 0. The lowest BCUT2D eigenvalue weighted by Crippen LogP contribution is -2.23. The smallest absolute Gasteiger partial charge is 0.286 e. The molecule has 0 fully saturated rings. The maximum atomic E-state index is 13.1. The molecule has 0 radical (unpaired) electrons. The predicted octanol–water partition coefficient (Wildman–Crippen LogP) is 9.64. The topological polar surface area (TPSA) is 51.5 Å². The molecule has 1 aromatic carbocycles. The fraction of sp³-hybridized carbons (Fsp3) is 0.633. The number of unbranched alkanes of at least 4 members (excludes halogenated alkanes) is 15. The van der Waals surface area contributed by atoms with Crippen LogP contribution in [0, 0.1) is 5.82 Å². The molecule has 0 spiro atoms. The minimum atomic E-state index is -0.423. The Balaban J connectivity index is 1.41. The summed E-state index contributed by atoms with van der Waals surface area (Å²) in [4.78, 5) is 12.3. The van der Waals surface area contributed by atoms with Crippen LogP contribution in [0.3, 0.4) is 0 Å². The molecule has 0 aliphatic rings. The highest BCUT2D eigenvalue weighted by Crippen LogP contribution is 2.26. The Bertz CT molecular complexity index is 854. The van der Waals surface area contributed by atoms with Crippen LogP contribution in [0.2, 0.25) is 5.02 Å². The SMILES string of the molecule is CCCCCCCCCCCCCCCCCCNC(=O)c1ccc(COc2ccc(F)cc2Cl)o1. The van der Waals surface area contributed by atoms with Crippen molar-refractivity contribution in [2.75, 3.05) is 6.54 Å². The number of furan rings is 1. The number of benzene rings is 1. The van der Waals surface area contributed by atoms with Crippen LogP contribution in [0.5, 0.6) is 5.75 Å². The molecular formula is C30H45ClFNO3. The molecule has 1 aromatic heterocycles. The van der Waals surface area contributed by atoms with Gasteiger partial charge in [0.2, 0.25) is 0 Å². The first kappa shape index (κ1) is 30.2. The Labute approximate surface area is 222 Å². The van der Waals surface area contributed by atoms with Crippen LogP contribution in [0.1, 0.15) is 126 Å². The first-order valence-electron chi connectivity index (χ1n) is 14.0. The molecular weight excluding hydrogens is 477 g/mol. The summed E-state index contributed by atoms with van der Waals surface area (Å²) >= 11 is 5.95. The Morgan fingerprint density at radius 2 is 1.39 bits per heavy atom. The average molecular weight is 522 g/mol. The molecule has 2 aromatic rings. The van der Waals surface area contributed by atoms with Gasteiger partial charge < -0.3 is 14.5 Å². The third kappa shape index (κ3) is 13.3. The maximum Gasteiger partial charge on any atom is 0.286 e. The molecule has 0 atom stereocenters. The van der Waals surface area contributed by atoms with E-state index in [2.05, 4.69) is 12.2 Å². The standard InChI is InChI=1S/C30H45ClFNO3/c1-2-3-4-5-6-7-8-9-10-11-12-13-14-15-16-17-22-33-30(34)29-21-19-26(36-29)24-35-28-20-18-25(32)23-27(28)31/h18-21,23H,2-17,22,24H2,1H3,(H,33,34). The number of carbonyl (C=O) groups is 1. The lowest BCUT2D eigenvalue weighted by atomic mass is 10.0. The number of halogens is 2. The van der Waals surface area contributed by atoms with Crippen LogP contribution in [-0.4, -0.2) is 12.5 Å². The van der Waals surface area contributed by atoms with Gasteiger partial charge in [-0.1, -0.05) is 115 Å². The minimum Gasteiger partial charge on any atom is -0.484 e.